The van der Waals surface area contributed by atoms with E-state index in [0.717, 1.165) is 17.7 Å². The smallest absolute Gasteiger partial charge is 0.168 e. The number of ether oxygens (including phenoxy) is 2. The molecule has 5 nitrogen and oxygen atoms in total. The third kappa shape index (κ3) is 2.27. The molecule has 2 heterocycles. The van der Waals surface area contributed by atoms with Gasteiger partial charge in [0.15, 0.2) is 23.0 Å². The van der Waals surface area contributed by atoms with Crippen LogP contribution in [0, 0.1) is 5.41 Å². The van der Waals surface area contributed by atoms with Crippen LogP contribution in [0.4, 0.5) is 0 Å². The first-order valence-electron chi connectivity index (χ1n) is 7.82. The van der Waals surface area contributed by atoms with Crippen molar-refractivity contribution in [3.05, 3.63) is 29.5 Å². The SMILES string of the molecule is CC1(C)CC(=O)c2c([nH]c(-c3ccc4c(c3)OCCO4)c2O)C1. The van der Waals surface area contributed by atoms with E-state index in [9.17, 15) is 9.90 Å². The van der Waals surface area contributed by atoms with Gasteiger partial charge in [0.25, 0.3) is 0 Å². The molecule has 0 unspecified atom stereocenters. The number of nitrogens with one attached hydrogen (secondary N) is 1. The van der Waals surface area contributed by atoms with Gasteiger partial charge in [-0.1, -0.05) is 13.8 Å². The first-order chi connectivity index (χ1) is 10.9. The van der Waals surface area contributed by atoms with Crippen LogP contribution in [0.5, 0.6) is 17.2 Å². The normalized spacial score (nSPS) is 18.6. The first kappa shape index (κ1) is 14.2. The Morgan fingerprint density at radius 2 is 1.87 bits per heavy atom. The molecule has 0 fully saturated rings. The van der Waals surface area contributed by atoms with Crippen LogP contribution in [-0.2, 0) is 6.42 Å². The molecule has 1 aromatic heterocycles. The van der Waals surface area contributed by atoms with Crippen LogP contribution in [0.1, 0.15) is 36.3 Å². The summed E-state index contributed by atoms with van der Waals surface area (Å²) in [5.41, 5.74) is 2.51. The monoisotopic (exact) mass is 313 g/mol. The zero-order valence-corrected chi connectivity index (χ0v) is 13.2. The molecule has 0 spiro atoms. The van der Waals surface area contributed by atoms with E-state index in [4.69, 9.17) is 9.47 Å². The maximum atomic E-state index is 12.4. The van der Waals surface area contributed by atoms with E-state index in [1.807, 2.05) is 18.2 Å². The van der Waals surface area contributed by atoms with Crippen molar-refractivity contribution in [2.75, 3.05) is 13.2 Å². The Morgan fingerprint density at radius 1 is 1.13 bits per heavy atom. The molecule has 0 bridgehead atoms. The van der Waals surface area contributed by atoms with Crippen molar-refractivity contribution in [2.24, 2.45) is 5.41 Å². The van der Waals surface area contributed by atoms with Gasteiger partial charge in [-0.25, -0.2) is 0 Å². The molecule has 0 radical (unpaired) electrons. The van der Waals surface area contributed by atoms with Crippen LogP contribution < -0.4 is 9.47 Å². The quantitative estimate of drug-likeness (QED) is 0.847. The van der Waals surface area contributed by atoms with Crippen molar-refractivity contribution in [3.8, 4) is 28.5 Å². The van der Waals surface area contributed by atoms with Gasteiger partial charge in [0.1, 0.15) is 13.2 Å². The zero-order valence-electron chi connectivity index (χ0n) is 13.2. The first-order valence-corrected chi connectivity index (χ1v) is 7.82. The Balaban J connectivity index is 1.81. The van der Waals surface area contributed by atoms with Crippen LogP contribution in [0.3, 0.4) is 0 Å². The lowest BCUT2D eigenvalue weighted by molar-refractivity contribution is 0.0909. The number of ketones is 1. The van der Waals surface area contributed by atoms with E-state index in [1.54, 1.807) is 0 Å². The third-order valence-corrected chi connectivity index (χ3v) is 4.46. The van der Waals surface area contributed by atoms with Gasteiger partial charge in [0.2, 0.25) is 0 Å². The average Bonchev–Trinajstić information content (AvgIpc) is 2.82. The van der Waals surface area contributed by atoms with Crippen LogP contribution in [0.25, 0.3) is 11.3 Å². The zero-order chi connectivity index (χ0) is 16.2. The summed E-state index contributed by atoms with van der Waals surface area (Å²) in [5, 5.41) is 10.5. The second-order valence-corrected chi connectivity index (χ2v) is 7.00. The minimum absolute atomic E-state index is 0.00575. The average molecular weight is 313 g/mol. The van der Waals surface area contributed by atoms with Gasteiger partial charge in [0, 0.05) is 17.7 Å². The Labute approximate surface area is 134 Å². The van der Waals surface area contributed by atoms with Gasteiger partial charge in [-0.05, 0) is 30.0 Å². The second-order valence-electron chi connectivity index (χ2n) is 7.00. The summed E-state index contributed by atoms with van der Waals surface area (Å²) >= 11 is 0. The fourth-order valence-corrected chi connectivity index (χ4v) is 3.45. The van der Waals surface area contributed by atoms with E-state index >= 15 is 0 Å². The molecule has 0 saturated carbocycles. The van der Waals surface area contributed by atoms with Crippen LogP contribution in [-0.4, -0.2) is 29.1 Å². The highest BCUT2D eigenvalue weighted by Crippen LogP contribution is 2.44. The number of H-pyrrole nitrogens is 1. The fraction of sp³-hybridized carbons (Fsp3) is 0.389. The topological polar surface area (TPSA) is 71.6 Å². The maximum absolute atomic E-state index is 12.4. The summed E-state index contributed by atoms with van der Waals surface area (Å²) in [6.45, 7) is 5.18. The predicted molar refractivity (Wildman–Crippen MR) is 85.3 cm³/mol. The molecule has 120 valence electrons. The molecule has 0 amide bonds. The Kier molecular flexibility index (Phi) is 2.95. The summed E-state index contributed by atoms with van der Waals surface area (Å²) in [5.74, 6) is 1.39. The lowest BCUT2D eigenvalue weighted by Gasteiger charge is -2.27. The molecule has 23 heavy (non-hydrogen) atoms. The largest absolute Gasteiger partial charge is 0.505 e. The minimum atomic E-state index is -0.0918. The van der Waals surface area contributed by atoms with Gasteiger partial charge >= 0.3 is 0 Å². The summed E-state index contributed by atoms with van der Waals surface area (Å²) in [7, 11) is 0. The summed E-state index contributed by atoms with van der Waals surface area (Å²) in [6.07, 6.45) is 1.19. The molecule has 4 rings (SSSR count). The van der Waals surface area contributed by atoms with Crippen molar-refractivity contribution >= 4 is 5.78 Å². The number of rotatable bonds is 1. The molecule has 1 aliphatic carbocycles. The van der Waals surface area contributed by atoms with E-state index in [1.165, 1.54) is 0 Å². The molecule has 1 aliphatic heterocycles. The molecule has 0 atom stereocenters. The highest BCUT2D eigenvalue weighted by atomic mass is 16.6. The van der Waals surface area contributed by atoms with Gasteiger partial charge in [0.05, 0.1) is 11.3 Å². The van der Waals surface area contributed by atoms with Crippen molar-refractivity contribution in [1.82, 2.24) is 4.98 Å². The molecule has 1 aromatic carbocycles. The molecule has 2 aromatic rings. The molecule has 5 heteroatoms. The number of aromatic hydroxyl groups is 1. The number of benzene rings is 1. The third-order valence-electron chi connectivity index (χ3n) is 4.46. The number of fused-ring (bicyclic) bond motifs is 2. The number of carbonyl (C=O) groups is 1. The summed E-state index contributed by atoms with van der Waals surface area (Å²) < 4.78 is 11.1. The lowest BCUT2D eigenvalue weighted by Crippen LogP contribution is -2.26. The van der Waals surface area contributed by atoms with E-state index in [-0.39, 0.29) is 16.9 Å². The summed E-state index contributed by atoms with van der Waals surface area (Å²) in [4.78, 5) is 15.6. The highest BCUT2D eigenvalue weighted by Gasteiger charge is 2.35. The fourth-order valence-electron chi connectivity index (χ4n) is 3.45. The van der Waals surface area contributed by atoms with Gasteiger partial charge in [-0.15, -0.1) is 0 Å². The van der Waals surface area contributed by atoms with Crippen molar-refractivity contribution in [1.29, 1.82) is 0 Å². The lowest BCUT2D eigenvalue weighted by atomic mass is 9.76. The molecule has 2 N–H and O–H groups in total. The van der Waals surface area contributed by atoms with Crippen LogP contribution in [0.15, 0.2) is 18.2 Å². The Bertz CT molecular complexity index is 804. The van der Waals surface area contributed by atoms with E-state index < -0.39 is 0 Å². The maximum Gasteiger partial charge on any atom is 0.168 e. The van der Waals surface area contributed by atoms with Gasteiger partial charge < -0.3 is 19.6 Å². The molecular formula is C18H19NO4. The van der Waals surface area contributed by atoms with Crippen molar-refractivity contribution in [3.63, 3.8) is 0 Å². The minimum Gasteiger partial charge on any atom is -0.505 e. The number of aromatic amines is 1. The van der Waals surface area contributed by atoms with Gasteiger partial charge in [-0.3, -0.25) is 4.79 Å². The van der Waals surface area contributed by atoms with Crippen molar-refractivity contribution in [2.45, 2.75) is 26.7 Å². The highest BCUT2D eigenvalue weighted by molar-refractivity contribution is 6.03. The second kappa shape index (κ2) is 4.78. The summed E-state index contributed by atoms with van der Waals surface area (Å²) in [6, 6.07) is 5.52. The number of hydrogen-bond donors (Lipinski definition) is 2. The molecule has 0 saturated heterocycles. The van der Waals surface area contributed by atoms with E-state index in [2.05, 4.69) is 18.8 Å². The number of carbonyl (C=O) groups excluding carboxylic acids is 1. The molecule has 2 aliphatic rings. The Morgan fingerprint density at radius 3 is 2.65 bits per heavy atom. The Hall–Kier alpha value is -2.43. The van der Waals surface area contributed by atoms with Crippen LogP contribution in [0.2, 0.25) is 0 Å². The number of Topliss-reactive ketones (excluding diaryl/α,β-unsaturated/α-hetero) is 1. The van der Waals surface area contributed by atoms with E-state index in [0.29, 0.717) is 42.4 Å². The van der Waals surface area contributed by atoms with Crippen molar-refractivity contribution < 1.29 is 19.4 Å². The van der Waals surface area contributed by atoms with Crippen LogP contribution >= 0.6 is 0 Å². The number of aromatic nitrogens is 1. The number of hydrogen-bond acceptors (Lipinski definition) is 4. The van der Waals surface area contributed by atoms with Gasteiger partial charge in [-0.2, -0.15) is 0 Å². The predicted octanol–water partition coefficient (Wildman–Crippen LogP) is 3.31. The molecular weight excluding hydrogens is 294 g/mol. The standard InChI is InChI=1S/C18H19NO4/c1-18(2)8-11-15(12(20)9-18)17(21)16(19-11)10-3-4-13-14(7-10)23-6-5-22-13/h3-4,7,19,21H,5-6,8-9H2,1-2H3.